The van der Waals surface area contributed by atoms with E-state index in [1.807, 2.05) is 24.3 Å². The average Bonchev–Trinajstić information content (AvgIpc) is 2.47. The maximum Gasteiger partial charge on any atom is 0.131 e. The molecule has 0 atom stereocenters. The van der Waals surface area contributed by atoms with Crippen LogP contribution in [0.3, 0.4) is 0 Å². The van der Waals surface area contributed by atoms with Gasteiger partial charge in [0, 0.05) is 29.8 Å². The molecule has 0 aliphatic heterocycles. The number of ketones is 1. The van der Waals surface area contributed by atoms with Gasteiger partial charge in [0.15, 0.2) is 0 Å². The molecule has 0 unspecified atom stereocenters. The van der Waals surface area contributed by atoms with Crippen LogP contribution in [0.1, 0.15) is 38.7 Å². The second-order valence-corrected chi connectivity index (χ2v) is 5.31. The molecule has 1 aliphatic carbocycles. The zero-order valence-corrected chi connectivity index (χ0v) is 12.7. The topological polar surface area (TPSA) is 29.1 Å². The Bertz CT molecular complexity index is 641. The molecule has 0 saturated heterocycles. The van der Waals surface area contributed by atoms with Crippen LogP contribution in [0.2, 0.25) is 0 Å². The summed E-state index contributed by atoms with van der Waals surface area (Å²) in [5.41, 5.74) is 4.44. The summed E-state index contributed by atoms with van der Waals surface area (Å²) in [6, 6.07) is 7.97. The highest BCUT2D eigenvalue weighted by Gasteiger charge is 2.02. The average molecular weight is 279 g/mol. The summed E-state index contributed by atoms with van der Waals surface area (Å²) < 4.78 is 0. The molecule has 0 aromatic heterocycles. The summed E-state index contributed by atoms with van der Waals surface area (Å²) in [5, 5.41) is 3.29. The van der Waals surface area contributed by atoms with E-state index in [1.54, 1.807) is 6.92 Å². The van der Waals surface area contributed by atoms with Crippen molar-refractivity contribution in [2.75, 3.05) is 11.9 Å². The van der Waals surface area contributed by atoms with Crippen molar-refractivity contribution in [2.24, 2.45) is 0 Å². The Morgan fingerprint density at radius 3 is 2.86 bits per heavy atom. The van der Waals surface area contributed by atoms with Crippen LogP contribution >= 0.6 is 0 Å². The van der Waals surface area contributed by atoms with Crippen LogP contribution in [-0.2, 0) is 4.79 Å². The van der Waals surface area contributed by atoms with Crippen molar-refractivity contribution in [1.82, 2.24) is 0 Å². The molecule has 0 heterocycles. The molecule has 1 N–H and O–H groups in total. The van der Waals surface area contributed by atoms with Gasteiger partial charge in [-0.25, -0.2) is 0 Å². The number of carbonyl (C=O) groups excluding carboxylic acids is 1. The van der Waals surface area contributed by atoms with Crippen molar-refractivity contribution in [2.45, 2.75) is 33.1 Å². The number of Topliss-reactive ketones (excluding diaryl/α,β-unsaturated/α-hetero) is 1. The molecule has 21 heavy (non-hydrogen) atoms. The lowest BCUT2D eigenvalue weighted by Gasteiger charge is -2.08. The molecule has 108 valence electrons. The summed E-state index contributed by atoms with van der Waals surface area (Å²) in [6.45, 7) is 4.40. The third-order valence-electron chi connectivity index (χ3n) is 3.48. The lowest BCUT2D eigenvalue weighted by molar-refractivity contribution is -0.116. The van der Waals surface area contributed by atoms with Crippen molar-refractivity contribution in [1.29, 1.82) is 0 Å². The molecule has 0 bridgehead atoms. The minimum atomic E-state index is 0.194. The van der Waals surface area contributed by atoms with Crippen LogP contribution < -0.4 is 5.32 Å². The molecule has 0 amide bonds. The molecule has 0 spiro atoms. The van der Waals surface area contributed by atoms with Crippen molar-refractivity contribution in [3.8, 4) is 11.8 Å². The first-order valence-electron chi connectivity index (χ1n) is 7.37. The molecule has 0 fully saturated rings. The number of carbonyl (C=O) groups is 1. The zero-order valence-electron chi connectivity index (χ0n) is 12.7. The van der Waals surface area contributed by atoms with Gasteiger partial charge >= 0.3 is 0 Å². The van der Waals surface area contributed by atoms with Crippen LogP contribution in [0.5, 0.6) is 0 Å². The van der Waals surface area contributed by atoms with Gasteiger partial charge in [0.25, 0.3) is 0 Å². The third kappa shape index (κ3) is 4.65. The van der Waals surface area contributed by atoms with Gasteiger partial charge in [-0.2, -0.15) is 0 Å². The highest BCUT2D eigenvalue weighted by atomic mass is 16.1. The standard InChI is InChI=1S/C19H21NO/c1-15-7-3-4-8-17(15)11-12-18-9-5-6-10-19(18)20-14-13-16(2)21/h4-6,8-10,20H,3,7,13-14H2,1-2H3. The Labute approximate surface area is 127 Å². The number of hydrogen-bond donors (Lipinski definition) is 1. The Morgan fingerprint density at radius 1 is 1.29 bits per heavy atom. The molecule has 1 aromatic carbocycles. The molecular weight excluding hydrogens is 258 g/mol. The summed E-state index contributed by atoms with van der Waals surface area (Å²) in [6.07, 6.45) is 7.03. The Hall–Kier alpha value is -2.27. The van der Waals surface area contributed by atoms with Crippen LogP contribution in [0.4, 0.5) is 5.69 Å². The minimum absolute atomic E-state index is 0.194. The van der Waals surface area contributed by atoms with Gasteiger partial charge in [-0.3, -0.25) is 4.79 Å². The van der Waals surface area contributed by atoms with E-state index in [2.05, 4.69) is 36.2 Å². The predicted octanol–water partition coefficient (Wildman–Crippen LogP) is 4.10. The summed E-state index contributed by atoms with van der Waals surface area (Å²) in [4.78, 5) is 11.0. The van der Waals surface area contributed by atoms with Crippen LogP contribution in [-0.4, -0.2) is 12.3 Å². The van der Waals surface area contributed by atoms with Crippen LogP contribution in [0, 0.1) is 11.8 Å². The van der Waals surface area contributed by atoms with E-state index in [4.69, 9.17) is 0 Å². The Morgan fingerprint density at radius 2 is 2.10 bits per heavy atom. The van der Waals surface area contributed by atoms with E-state index < -0.39 is 0 Å². The largest absolute Gasteiger partial charge is 0.384 e. The number of nitrogens with one attached hydrogen (secondary N) is 1. The molecule has 2 nitrogen and oxygen atoms in total. The lowest BCUT2D eigenvalue weighted by Crippen LogP contribution is -2.06. The maximum atomic E-state index is 11.0. The minimum Gasteiger partial charge on any atom is -0.384 e. The number of allylic oxidation sites excluding steroid dienone is 4. The van der Waals surface area contributed by atoms with E-state index in [0.29, 0.717) is 13.0 Å². The van der Waals surface area contributed by atoms with E-state index in [9.17, 15) is 4.79 Å². The smallest absolute Gasteiger partial charge is 0.131 e. The van der Waals surface area contributed by atoms with Gasteiger partial charge in [0.05, 0.1) is 0 Å². The summed E-state index contributed by atoms with van der Waals surface area (Å²) in [5.74, 6) is 6.70. The Balaban J connectivity index is 2.14. The fourth-order valence-electron chi connectivity index (χ4n) is 2.18. The van der Waals surface area contributed by atoms with Crippen LogP contribution in [0.15, 0.2) is 47.6 Å². The number of benzene rings is 1. The van der Waals surface area contributed by atoms with Gasteiger partial charge in [-0.15, -0.1) is 0 Å². The third-order valence-corrected chi connectivity index (χ3v) is 3.48. The van der Waals surface area contributed by atoms with Crippen LogP contribution in [0.25, 0.3) is 0 Å². The highest BCUT2D eigenvalue weighted by molar-refractivity contribution is 5.76. The predicted molar refractivity (Wildman–Crippen MR) is 88.2 cm³/mol. The second kappa shape index (κ2) is 7.50. The van der Waals surface area contributed by atoms with Gasteiger partial charge in [0.1, 0.15) is 5.78 Å². The zero-order chi connectivity index (χ0) is 15.1. The summed E-state index contributed by atoms with van der Waals surface area (Å²) >= 11 is 0. The monoisotopic (exact) mass is 279 g/mol. The van der Waals surface area contributed by atoms with E-state index >= 15 is 0 Å². The fraction of sp³-hybridized carbons (Fsp3) is 0.316. The second-order valence-electron chi connectivity index (χ2n) is 5.31. The number of para-hydroxylation sites is 1. The SMILES string of the molecule is CC(=O)CCNc1ccccc1C#CC1=C(C)CCC=C1. The maximum absolute atomic E-state index is 11.0. The number of anilines is 1. The van der Waals surface area contributed by atoms with Crippen molar-refractivity contribution >= 4 is 11.5 Å². The van der Waals surface area contributed by atoms with E-state index in [0.717, 1.165) is 29.7 Å². The van der Waals surface area contributed by atoms with E-state index in [-0.39, 0.29) is 5.78 Å². The molecular formula is C19H21NO. The van der Waals surface area contributed by atoms with Crippen molar-refractivity contribution in [3.05, 3.63) is 53.1 Å². The van der Waals surface area contributed by atoms with Crippen molar-refractivity contribution in [3.63, 3.8) is 0 Å². The van der Waals surface area contributed by atoms with Gasteiger partial charge in [-0.05, 0) is 38.8 Å². The molecule has 2 heteroatoms. The van der Waals surface area contributed by atoms with Crippen molar-refractivity contribution < 1.29 is 4.79 Å². The molecule has 1 aromatic rings. The first kappa shape index (κ1) is 15.1. The van der Waals surface area contributed by atoms with E-state index in [1.165, 1.54) is 5.57 Å². The molecule has 0 radical (unpaired) electrons. The molecule has 0 saturated carbocycles. The Kier molecular flexibility index (Phi) is 5.40. The van der Waals surface area contributed by atoms with Gasteiger partial charge < -0.3 is 5.32 Å². The first-order valence-corrected chi connectivity index (χ1v) is 7.37. The molecule has 1 aliphatic rings. The summed E-state index contributed by atoms with van der Waals surface area (Å²) in [7, 11) is 0. The number of rotatable bonds is 4. The molecule has 2 rings (SSSR count). The number of hydrogen-bond acceptors (Lipinski definition) is 2. The first-order chi connectivity index (χ1) is 10.2. The normalized spacial score (nSPS) is 13.6. The fourth-order valence-corrected chi connectivity index (χ4v) is 2.18. The quantitative estimate of drug-likeness (QED) is 0.841. The van der Waals surface area contributed by atoms with Gasteiger partial charge in [-0.1, -0.05) is 41.7 Å². The lowest BCUT2D eigenvalue weighted by atomic mass is 9.99. The van der Waals surface area contributed by atoms with Gasteiger partial charge in [0.2, 0.25) is 0 Å². The highest BCUT2D eigenvalue weighted by Crippen LogP contribution is 2.18.